The number of carbonyl (C=O) groups excluding carboxylic acids is 1. The molecule has 0 atom stereocenters. The van der Waals surface area contributed by atoms with Crippen molar-refractivity contribution in [2.45, 2.75) is 13.8 Å². The van der Waals surface area contributed by atoms with Crippen molar-refractivity contribution in [3.8, 4) is 23.2 Å². The number of carbonyl (C=O) groups is 1. The summed E-state index contributed by atoms with van der Waals surface area (Å²) >= 11 is 0. The van der Waals surface area contributed by atoms with Gasteiger partial charge in [0.15, 0.2) is 0 Å². The van der Waals surface area contributed by atoms with Gasteiger partial charge in [0, 0.05) is 18.0 Å². The summed E-state index contributed by atoms with van der Waals surface area (Å²) in [5, 5.41) is 0. The Balaban J connectivity index is 2.12. The zero-order valence-electron chi connectivity index (χ0n) is 14.2. The highest BCUT2D eigenvalue weighted by atomic mass is 16.5. The van der Waals surface area contributed by atoms with Crippen molar-refractivity contribution >= 4 is 5.97 Å². The fourth-order valence-corrected chi connectivity index (χ4v) is 2.14. The second-order valence-electron chi connectivity index (χ2n) is 5.12. The van der Waals surface area contributed by atoms with Gasteiger partial charge in [0.2, 0.25) is 0 Å². The van der Waals surface area contributed by atoms with Gasteiger partial charge in [-0.3, -0.25) is 14.9 Å². The van der Waals surface area contributed by atoms with E-state index in [-0.39, 0.29) is 0 Å². The maximum Gasteiger partial charge on any atom is 0.337 e. The van der Waals surface area contributed by atoms with Crippen molar-refractivity contribution in [1.29, 1.82) is 0 Å². The Morgan fingerprint density at radius 3 is 2.58 bits per heavy atom. The number of rotatable bonds is 5. The van der Waals surface area contributed by atoms with E-state index in [9.17, 15) is 4.79 Å². The molecule has 2 heterocycles. The maximum absolute atomic E-state index is 11.6. The first kappa shape index (κ1) is 17.6. The van der Waals surface area contributed by atoms with Crippen LogP contribution >= 0.6 is 0 Å². The van der Waals surface area contributed by atoms with Crippen LogP contribution in [0.2, 0.25) is 0 Å². The summed E-state index contributed by atoms with van der Waals surface area (Å²) in [4.78, 5) is 22.5. The fourth-order valence-electron chi connectivity index (χ4n) is 2.14. The number of esters is 1. The minimum Gasteiger partial charge on any atom is -0.465 e. The van der Waals surface area contributed by atoms with Gasteiger partial charge < -0.3 is 4.74 Å². The smallest absolute Gasteiger partial charge is 0.337 e. The average Bonchev–Trinajstić information content (AvgIpc) is 2.65. The van der Waals surface area contributed by atoms with Gasteiger partial charge in [-0.2, -0.15) is 0 Å². The maximum atomic E-state index is 11.6. The van der Waals surface area contributed by atoms with Gasteiger partial charge in [-0.15, -0.1) is 0 Å². The zero-order valence-corrected chi connectivity index (χ0v) is 14.2. The minimum atomic E-state index is -0.391. The molecular weight excluding hydrogens is 302 g/mol. The SMILES string of the molecule is CCN(CC)CC#Cc1ccc(-c2cc(C(=O)OC)ccn2)nc1. The highest BCUT2D eigenvalue weighted by Crippen LogP contribution is 2.16. The third-order valence-corrected chi connectivity index (χ3v) is 3.64. The molecule has 0 aromatic carbocycles. The largest absolute Gasteiger partial charge is 0.465 e. The Morgan fingerprint density at radius 1 is 1.17 bits per heavy atom. The van der Waals surface area contributed by atoms with Crippen LogP contribution in [0.3, 0.4) is 0 Å². The van der Waals surface area contributed by atoms with E-state index in [0.29, 0.717) is 17.0 Å². The Hall–Kier alpha value is -2.71. The molecule has 0 spiro atoms. The summed E-state index contributed by atoms with van der Waals surface area (Å²) < 4.78 is 4.72. The molecule has 0 unspecified atom stereocenters. The van der Waals surface area contributed by atoms with E-state index >= 15 is 0 Å². The molecule has 5 heteroatoms. The Kier molecular flexibility index (Phi) is 6.47. The van der Waals surface area contributed by atoms with Crippen LogP contribution in [0.25, 0.3) is 11.4 Å². The Bertz CT molecular complexity index is 741. The molecular formula is C19H21N3O2. The fraction of sp³-hybridized carbons (Fsp3) is 0.316. The van der Waals surface area contributed by atoms with E-state index in [1.54, 1.807) is 24.5 Å². The molecule has 0 radical (unpaired) electrons. The first-order chi connectivity index (χ1) is 11.7. The molecule has 0 aliphatic carbocycles. The molecule has 24 heavy (non-hydrogen) atoms. The predicted molar refractivity (Wildman–Crippen MR) is 93.5 cm³/mol. The summed E-state index contributed by atoms with van der Waals surface area (Å²) in [5.74, 6) is 5.87. The third kappa shape index (κ3) is 4.64. The lowest BCUT2D eigenvalue weighted by molar-refractivity contribution is 0.0600. The van der Waals surface area contributed by atoms with Gasteiger partial charge in [-0.05, 0) is 37.4 Å². The predicted octanol–water partition coefficient (Wildman–Crippen LogP) is 2.62. The van der Waals surface area contributed by atoms with Crippen molar-refractivity contribution in [3.63, 3.8) is 0 Å². The molecule has 0 N–H and O–H groups in total. The van der Waals surface area contributed by atoms with Crippen molar-refractivity contribution in [2.24, 2.45) is 0 Å². The van der Waals surface area contributed by atoms with Gasteiger partial charge in [0.05, 0.1) is 30.6 Å². The van der Waals surface area contributed by atoms with Crippen LogP contribution in [-0.2, 0) is 4.74 Å². The average molecular weight is 323 g/mol. The lowest BCUT2D eigenvalue weighted by Crippen LogP contribution is -2.22. The van der Waals surface area contributed by atoms with Crippen LogP contribution in [0.1, 0.15) is 29.8 Å². The molecule has 0 bridgehead atoms. The molecule has 0 aliphatic heterocycles. The van der Waals surface area contributed by atoms with Gasteiger partial charge in [-0.1, -0.05) is 25.7 Å². The summed E-state index contributed by atoms with van der Waals surface area (Å²) in [5.41, 5.74) is 2.62. The first-order valence-corrected chi connectivity index (χ1v) is 7.90. The summed E-state index contributed by atoms with van der Waals surface area (Å²) in [6.45, 7) is 6.97. The van der Waals surface area contributed by atoms with Crippen LogP contribution in [0, 0.1) is 11.8 Å². The molecule has 2 aromatic heterocycles. The number of ether oxygens (including phenoxy) is 1. The third-order valence-electron chi connectivity index (χ3n) is 3.64. The summed E-state index contributed by atoms with van der Waals surface area (Å²) in [6, 6.07) is 7.04. The minimum absolute atomic E-state index is 0.391. The van der Waals surface area contributed by atoms with Gasteiger partial charge >= 0.3 is 5.97 Å². The lowest BCUT2D eigenvalue weighted by atomic mass is 10.1. The van der Waals surface area contributed by atoms with Crippen molar-refractivity contribution in [1.82, 2.24) is 14.9 Å². The van der Waals surface area contributed by atoms with E-state index in [2.05, 4.69) is 40.6 Å². The standard InChI is InChI=1S/C19H21N3O2/c1-4-22(5-2)12-6-7-15-8-9-17(21-14-15)18-13-16(10-11-20-18)19(23)24-3/h8-11,13-14H,4-5,12H2,1-3H3. The molecule has 2 rings (SSSR count). The number of hydrogen-bond donors (Lipinski definition) is 0. The van der Waals surface area contributed by atoms with E-state index in [1.165, 1.54) is 7.11 Å². The van der Waals surface area contributed by atoms with Crippen molar-refractivity contribution in [3.05, 3.63) is 47.8 Å². The zero-order chi connectivity index (χ0) is 17.4. The van der Waals surface area contributed by atoms with Crippen LogP contribution in [0.5, 0.6) is 0 Å². The quantitative estimate of drug-likeness (QED) is 0.625. The molecule has 0 saturated heterocycles. The van der Waals surface area contributed by atoms with Crippen molar-refractivity contribution in [2.75, 3.05) is 26.7 Å². The second kappa shape index (κ2) is 8.80. The van der Waals surface area contributed by atoms with E-state index in [4.69, 9.17) is 4.74 Å². The van der Waals surface area contributed by atoms with Crippen LogP contribution in [0.15, 0.2) is 36.7 Å². The Morgan fingerprint density at radius 2 is 1.96 bits per heavy atom. The summed E-state index contributed by atoms with van der Waals surface area (Å²) in [6.07, 6.45) is 3.29. The molecule has 124 valence electrons. The monoisotopic (exact) mass is 323 g/mol. The highest BCUT2D eigenvalue weighted by Gasteiger charge is 2.08. The molecule has 0 fully saturated rings. The molecule has 0 saturated carbocycles. The van der Waals surface area contributed by atoms with Crippen molar-refractivity contribution < 1.29 is 9.53 Å². The van der Waals surface area contributed by atoms with Gasteiger partial charge in [0.25, 0.3) is 0 Å². The number of aromatic nitrogens is 2. The molecule has 5 nitrogen and oxygen atoms in total. The number of methoxy groups -OCH3 is 1. The van der Waals surface area contributed by atoms with E-state index in [1.807, 2.05) is 12.1 Å². The van der Waals surface area contributed by atoms with E-state index < -0.39 is 5.97 Å². The normalized spacial score (nSPS) is 10.2. The molecule has 0 aliphatic rings. The van der Waals surface area contributed by atoms with Crippen LogP contribution < -0.4 is 0 Å². The van der Waals surface area contributed by atoms with Crippen LogP contribution in [0.4, 0.5) is 0 Å². The Labute approximate surface area is 142 Å². The molecule has 2 aromatic rings. The van der Waals surface area contributed by atoms with Gasteiger partial charge in [-0.25, -0.2) is 4.79 Å². The number of nitrogens with zero attached hydrogens (tertiary/aromatic N) is 3. The first-order valence-electron chi connectivity index (χ1n) is 7.90. The number of hydrogen-bond acceptors (Lipinski definition) is 5. The summed E-state index contributed by atoms with van der Waals surface area (Å²) in [7, 11) is 1.35. The highest BCUT2D eigenvalue weighted by molar-refractivity contribution is 5.90. The lowest BCUT2D eigenvalue weighted by Gasteiger charge is -2.13. The van der Waals surface area contributed by atoms with Crippen LogP contribution in [-0.4, -0.2) is 47.6 Å². The number of pyridine rings is 2. The van der Waals surface area contributed by atoms with E-state index in [0.717, 1.165) is 25.2 Å². The van der Waals surface area contributed by atoms with Gasteiger partial charge in [0.1, 0.15) is 0 Å². The molecule has 0 amide bonds. The topological polar surface area (TPSA) is 55.3 Å². The second-order valence-corrected chi connectivity index (χ2v) is 5.12.